The highest BCUT2D eigenvalue weighted by Gasteiger charge is 2.53. The van der Waals surface area contributed by atoms with Crippen LogP contribution >= 0.6 is 23.4 Å². The number of rotatable bonds is 7. The average Bonchev–Trinajstić information content (AvgIpc) is 3.02. The molecule has 1 aromatic rings. The molecule has 154 valence electrons. The van der Waals surface area contributed by atoms with E-state index in [2.05, 4.69) is 29.9 Å². The van der Waals surface area contributed by atoms with E-state index in [4.69, 9.17) is 21.2 Å². The number of nitrogens with zero attached hydrogens (tertiary/aromatic N) is 6. The number of amides is 2. The molecule has 28 heavy (non-hydrogen) atoms. The molecule has 2 N–H and O–H groups in total. The summed E-state index contributed by atoms with van der Waals surface area (Å²) in [6, 6.07) is -1.23. The Bertz CT molecular complexity index is 883. The molecule has 2 heterocycles. The fourth-order valence-electron chi connectivity index (χ4n) is 1.86. The summed E-state index contributed by atoms with van der Waals surface area (Å²) in [6.07, 6.45) is 1.40. The van der Waals surface area contributed by atoms with Gasteiger partial charge in [-0.1, -0.05) is 28.5 Å². The van der Waals surface area contributed by atoms with Crippen LogP contribution in [0, 0.1) is 6.92 Å². The van der Waals surface area contributed by atoms with E-state index in [9.17, 15) is 18.3 Å². The van der Waals surface area contributed by atoms with Crippen molar-refractivity contribution in [3.05, 3.63) is 17.4 Å². The molecule has 16 heteroatoms. The maximum atomic E-state index is 12.4. The number of aryl methyl sites for hydroxylation is 1. The van der Waals surface area contributed by atoms with Gasteiger partial charge in [0.05, 0.1) is 13.7 Å². The zero-order chi connectivity index (χ0) is 20.8. The van der Waals surface area contributed by atoms with E-state index < -0.39 is 20.4 Å². The third kappa shape index (κ3) is 5.33. The van der Waals surface area contributed by atoms with E-state index in [1.165, 1.54) is 25.6 Å². The fraction of sp³-hybridized carbons (Fsp3) is 0.500. The Morgan fingerprint density at radius 2 is 2.25 bits per heavy atom. The normalized spacial score (nSPS) is 20.9. The highest BCUT2D eigenvalue weighted by Crippen LogP contribution is 2.39. The SMILES string of the molecule is COc1nc(C)nc(NC(=O)N=NS(=O)(=O)C2(O)SCCN2OCC=CCl)n1. The number of methoxy groups -OCH3 is 1. The van der Waals surface area contributed by atoms with Crippen molar-refractivity contribution in [2.75, 3.05) is 31.3 Å². The highest BCUT2D eigenvalue weighted by molar-refractivity contribution is 8.14. The third-order valence-electron chi connectivity index (χ3n) is 3.02. The lowest BCUT2D eigenvalue weighted by molar-refractivity contribution is -0.207. The van der Waals surface area contributed by atoms with Gasteiger partial charge < -0.3 is 9.84 Å². The Hall–Kier alpha value is -1.91. The summed E-state index contributed by atoms with van der Waals surface area (Å²) in [5.74, 6) is 0.283. The maximum absolute atomic E-state index is 12.4. The summed E-state index contributed by atoms with van der Waals surface area (Å²) in [5, 5.41) is 16.5. The molecule has 1 atom stereocenters. The van der Waals surface area contributed by atoms with E-state index in [1.54, 1.807) is 0 Å². The van der Waals surface area contributed by atoms with Gasteiger partial charge in [-0.15, -0.1) is 5.06 Å². The molecule has 1 saturated heterocycles. The van der Waals surface area contributed by atoms with Gasteiger partial charge in [-0.25, -0.2) is 4.79 Å². The minimum Gasteiger partial charge on any atom is -0.467 e. The molecule has 1 fully saturated rings. The van der Waals surface area contributed by atoms with Crippen LogP contribution in [0.3, 0.4) is 0 Å². The summed E-state index contributed by atoms with van der Waals surface area (Å²) >= 11 is 6.02. The van der Waals surface area contributed by atoms with Gasteiger partial charge in [0.15, 0.2) is 0 Å². The first kappa shape index (κ1) is 22.4. The molecule has 0 radical (unpaired) electrons. The minimum atomic E-state index is -4.67. The predicted octanol–water partition coefficient (Wildman–Crippen LogP) is 0.839. The van der Waals surface area contributed by atoms with Crippen molar-refractivity contribution in [2.45, 2.75) is 11.3 Å². The largest absolute Gasteiger partial charge is 0.467 e. The van der Waals surface area contributed by atoms with Crippen molar-refractivity contribution in [2.24, 2.45) is 9.63 Å². The number of halogens is 1. The molecule has 0 aromatic carbocycles. The molecule has 2 amide bonds. The van der Waals surface area contributed by atoms with E-state index >= 15 is 0 Å². The third-order valence-corrected chi connectivity index (χ3v) is 6.32. The van der Waals surface area contributed by atoms with E-state index in [1.807, 2.05) is 0 Å². The van der Waals surface area contributed by atoms with E-state index in [-0.39, 0.29) is 36.7 Å². The Labute approximate surface area is 169 Å². The number of hydrogen-bond acceptors (Lipinski definition) is 11. The number of anilines is 1. The number of hydrogen-bond donors (Lipinski definition) is 2. The summed E-state index contributed by atoms with van der Waals surface area (Å²) in [7, 11) is -3.35. The molecule has 1 unspecified atom stereocenters. The molecule has 0 spiro atoms. The molecule has 0 saturated carbocycles. The number of carbonyl (C=O) groups excluding carboxylic acids is 1. The van der Waals surface area contributed by atoms with Crippen LogP contribution in [0.4, 0.5) is 10.7 Å². The zero-order valence-corrected chi connectivity index (χ0v) is 17.0. The van der Waals surface area contributed by atoms with Crippen molar-refractivity contribution in [1.82, 2.24) is 20.0 Å². The second-order valence-corrected chi connectivity index (χ2v) is 8.40. The summed E-state index contributed by atoms with van der Waals surface area (Å²) in [6.45, 7) is 1.56. The molecule has 1 aliphatic heterocycles. The number of ether oxygens (including phenoxy) is 1. The first-order valence-electron chi connectivity index (χ1n) is 7.49. The van der Waals surface area contributed by atoms with Crippen molar-refractivity contribution < 1.29 is 27.9 Å². The van der Waals surface area contributed by atoms with Gasteiger partial charge in [-0.2, -0.15) is 23.4 Å². The molecule has 0 aliphatic carbocycles. The van der Waals surface area contributed by atoms with Gasteiger partial charge in [0.25, 0.3) is 0 Å². The average molecular weight is 454 g/mol. The van der Waals surface area contributed by atoms with Gasteiger partial charge in [0.1, 0.15) is 5.82 Å². The van der Waals surface area contributed by atoms with Crippen LogP contribution in [0.25, 0.3) is 0 Å². The number of nitrogens with one attached hydrogen (secondary N) is 1. The van der Waals surface area contributed by atoms with Crippen molar-refractivity contribution >= 4 is 45.4 Å². The number of aliphatic hydroxyl groups is 1. The molecular weight excluding hydrogens is 438 g/mol. The van der Waals surface area contributed by atoms with Crippen LogP contribution in [0.1, 0.15) is 5.82 Å². The second kappa shape index (κ2) is 9.53. The molecule has 2 rings (SSSR count). The lowest BCUT2D eigenvalue weighted by atomic mass is 10.7. The van der Waals surface area contributed by atoms with E-state index in [0.29, 0.717) is 11.8 Å². The van der Waals surface area contributed by atoms with Crippen molar-refractivity contribution in [3.63, 3.8) is 0 Å². The quantitative estimate of drug-likeness (QED) is 0.560. The van der Waals surface area contributed by atoms with Gasteiger partial charge in [0, 0.05) is 17.8 Å². The number of thioether (sulfide) groups is 1. The van der Waals surface area contributed by atoms with Crippen LogP contribution in [0.5, 0.6) is 6.01 Å². The van der Waals surface area contributed by atoms with Gasteiger partial charge >= 0.3 is 26.5 Å². The summed E-state index contributed by atoms with van der Waals surface area (Å²) in [4.78, 5) is 28.4. The van der Waals surface area contributed by atoms with Gasteiger partial charge in [-0.05, 0) is 17.5 Å². The monoisotopic (exact) mass is 453 g/mol. The first-order valence-corrected chi connectivity index (χ1v) is 10.4. The van der Waals surface area contributed by atoms with Crippen LogP contribution in [-0.2, 0) is 14.9 Å². The number of sulfonamides is 1. The Balaban J connectivity index is 2.10. The Kier molecular flexibility index (Phi) is 7.62. The number of carbonyl (C=O) groups is 1. The number of aromatic nitrogens is 3. The molecule has 1 aromatic heterocycles. The van der Waals surface area contributed by atoms with Crippen LogP contribution < -0.4 is 10.1 Å². The molecule has 0 bridgehead atoms. The number of hydroxylamine groups is 2. The first-order chi connectivity index (χ1) is 13.2. The maximum Gasteiger partial charge on any atom is 0.367 e. The lowest BCUT2D eigenvalue weighted by Gasteiger charge is -2.27. The smallest absolute Gasteiger partial charge is 0.367 e. The Morgan fingerprint density at radius 1 is 1.50 bits per heavy atom. The molecular formula is C12H16ClN7O6S2. The van der Waals surface area contributed by atoms with Crippen molar-refractivity contribution in [3.8, 4) is 6.01 Å². The number of urea groups is 1. The fourth-order valence-corrected chi connectivity index (χ4v) is 4.38. The molecule has 1 aliphatic rings. The van der Waals surface area contributed by atoms with Crippen LogP contribution in [0.2, 0.25) is 0 Å². The summed E-state index contributed by atoms with van der Waals surface area (Å²) < 4.78 is 30.0. The second-order valence-electron chi connectivity index (χ2n) is 4.94. The standard InChI is InChI=1S/C12H16ClN7O6S2/c1-8-14-9(17-11(15-8)25-2)16-10(21)18-19-28(23,24)12(22)20(5-7-27-12)26-6-3-4-13/h3-4,22H,5-7H2,1-2H3,(H,14,15,16,17,21). The lowest BCUT2D eigenvalue weighted by Crippen LogP contribution is -2.47. The van der Waals surface area contributed by atoms with Crippen molar-refractivity contribution in [1.29, 1.82) is 0 Å². The van der Waals surface area contributed by atoms with E-state index in [0.717, 1.165) is 5.06 Å². The summed E-state index contributed by atoms with van der Waals surface area (Å²) in [5.41, 5.74) is 1.18. The van der Waals surface area contributed by atoms with Gasteiger partial charge in [0.2, 0.25) is 5.95 Å². The molecule has 13 nitrogen and oxygen atoms in total. The highest BCUT2D eigenvalue weighted by atomic mass is 35.5. The predicted molar refractivity (Wildman–Crippen MR) is 99.0 cm³/mol. The Morgan fingerprint density at radius 3 is 2.93 bits per heavy atom. The van der Waals surface area contributed by atoms with Gasteiger partial charge in [-0.3, -0.25) is 10.2 Å². The van der Waals surface area contributed by atoms with Crippen LogP contribution in [-0.4, -0.2) is 70.0 Å². The minimum absolute atomic E-state index is 0.0530. The topological polar surface area (TPSA) is 169 Å². The van der Waals surface area contributed by atoms with Crippen LogP contribution in [0.15, 0.2) is 21.2 Å². The zero-order valence-electron chi connectivity index (χ0n) is 14.6.